The van der Waals surface area contributed by atoms with Crippen LogP contribution in [0.3, 0.4) is 0 Å². The summed E-state index contributed by atoms with van der Waals surface area (Å²) in [5.74, 6) is 1.37. The Bertz CT molecular complexity index is 351. The molecule has 0 amide bonds. The largest absolute Gasteiger partial charge is 0.387 e. The number of nitrogens with two attached hydrogens (primary N) is 1. The van der Waals surface area contributed by atoms with E-state index in [4.69, 9.17) is 5.73 Å². The van der Waals surface area contributed by atoms with Crippen LogP contribution < -0.4 is 5.73 Å². The number of nitrogens with zero attached hydrogens (tertiary/aromatic N) is 1. The summed E-state index contributed by atoms with van der Waals surface area (Å²) in [7, 11) is 0. The van der Waals surface area contributed by atoms with Crippen molar-refractivity contribution in [1.82, 2.24) is 0 Å². The Kier molecular flexibility index (Phi) is 2.53. The minimum atomic E-state index is 0.555. The van der Waals surface area contributed by atoms with Gasteiger partial charge in [-0.1, -0.05) is 25.1 Å². The molecule has 0 spiro atoms. The van der Waals surface area contributed by atoms with Gasteiger partial charge in [-0.05, 0) is 30.9 Å². The number of aliphatic imine (C=N–C) groups is 1. The molecule has 0 atom stereocenters. The van der Waals surface area contributed by atoms with Crippen LogP contribution in [0.5, 0.6) is 0 Å². The molecule has 0 saturated heterocycles. The molecule has 1 aromatic carbocycles. The highest BCUT2D eigenvalue weighted by molar-refractivity contribution is 5.87. The van der Waals surface area contributed by atoms with Crippen molar-refractivity contribution in [2.45, 2.75) is 26.2 Å². The van der Waals surface area contributed by atoms with Crippen LogP contribution in [0, 0.1) is 5.92 Å². The first-order valence-electron chi connectivity index (χ1n) is 5.23. The molecule has 74 valence electrons. The second-order valence-corrected chi connectivity index (χ2v) is 3.79. The highest BCUT2D eigenvalue weighted by Crippen LogP contribution is 2.30. The Hall–Kier alpha value is -1.31. The highest BCUT2D eigenvalue weighted by Gasteiger charge is 2.25. The van der Waals surface area contributed by atoms with Crippen molar-refractivity contribution in [3.63, 3.8) is 0 Å². The van der Waals surface area contributed by atoms with E-state index >= 15 is 0 Å². The molecule has 2 heteroatoms. The molecule has 1 aromatic rings. The molecule has 14 heavy (non-hydrogen) atoms. The van der Waals surface area contributed by atoms with Crippen LogP contribution in [0.25, 0.3) is 0 Å². The molecule has 1 saturated carbocycles. The Morgan fingerprint density at radius 2 is 2.14 bits per heavy atom. The quantitative estimate of drug-likeness (QED) is 0.574. The maximum atomic E-state index is 5.88. The van der Waals surface area contributed by atoms with Gasteiger partial charge in [0, 0.05) is 5.92 Å². The number of rotatable bonds is 3. The minimum absolute atomic E-state index is 0.555. The first-order chi connectivity index (χ1) is 6.81. The van der Waals surface area contributed by atoms with Gasteiger partial charge in [0.2, 0.25) is 0 Å². The summed E-state index contributed by atoms with van der Waals surface area (Å²) in [4.78, 5) is 4.49. The van der Waals surface area contributed by atoms with Gasteiger partial charge in [0.05, 0.1) is 5.69 Å². The third-order valence-corrected chi connectivity index (χ3v) is 2.62. The van der Waals surface area contributed by atoms with E-state index in [1.807, 2.05) is 18.2 Å². The van der Waals surface area contributed by atoms with Crippen LogP contribution >= 0.6 is 0 Å². The zero-order valence-corrected chi connectivity index (χ0v) is 8.53. The average Bonchev–Trinajstić information content (AvgIpc) is 3.02. The molecule has 1 fully saturated rings. The van der Waals surface area contributed by atoms with E-state index < -0.39 is 0 Å². The van der Waals surface area contributed by atoms with Gasteiger partial charge in [-0.3, -0.25) is 0 Å². The van der Waals surface area contributed by atoms with E-state index in [0.29, 0.717) is 5.92 Å². The van der Waals surface area contributed by atoms with E-state index in [1.165, 1.54) is 18.4 Å². The lowest BCUT2D eigenvalue weighted by Gasteiger charge is -2.03. The lowest BCUT2D eigenvalue weighted by molar-refractivity contribution is 1.11. The monoisotopic (exact) mass is 188 g/mol. The zero-order chi connectivity index (χ0) is 9.97. The third kappa shape index (κ3) is 1.95. The second-order valence-electron chi connectivity index (χ2n) is 3.79. The van der Waals surface area contributed by atoms with Crippen molar-refractivity contribution in [3.8, 4) is 0 Å². The molecule has 0 aromatic heterocycles. The van der Waals surface area contributed by atoms with Gasteiger partial charge in [-0.15, -0.1) is 0 Å². The molecule has 2 nitrogen and oxygen atoms in total. The molecule has 0 heterocycles. The number of para-hydroxylation sites is 1. The predicted molar refractivity (Wildman–Crippen MR) is 59.8 cm³/mol. The summed E-state index contributed by atoms with van der Waals surface area (Å²) in [6.45, 7) is 2.14. The molecular weight excluding hydrogens is 172 g/mol. The fourth-order valence-corrected chi connectivity index (χ4v) is 1.53. The molecule has 0 bridgehead atoms. The summed E-state index contributed by atoms with van der Waals surface area (Å²) in [6, 6.07) is 8.20. The lowest BCUT2D eigenvalue weighted by atomic mass is 10.1. The van der Waals surface area contributed by atoms with E-state index in [1.54, 1.807) is 0 Å². The van der Waals surface area contributed by atoms with Crippen LogP contribution in [0.1, 0.15) is 25.3 Å². The number of hydrogen-bond acceptors (Lipinski definition) is 1. The van der Waals surface area contributed by atoms with E-state index in [2.05, 4.69) is 18.0 Å². The number of amidine groups is 1. The summed E-state index contributed by atoms with van der Waals surface area (Å²) in [6.07, 6.45) is 3.44. The van der Waals surface area contributed by atoms with Gasteiger partial charge in [-0.2, -0.15) is 0 Å². The van der Waals surface area contributed by atoms with Crippen molar-refractivity contribution in [3.05, 3.63) is 29.8 Å². The highest BCUT2D eigenvalue weighted by atomic mass is 14.9. The van der Waals surface area contributed by atoms with Gasteiger partial charge in [0.1, 0.15) is 5.84 Å². The summed E-state index contributed by atoms with van der Waals surface area (Å²) in [5, 5.41) is 0. The van der Waals surface area contributed by atoms with Crippen molar-refractivity contribution >= 4 is 11.5 Å². The second kappa shape index (κ2) is 3.82. The zero-order valence-electron chi connectivity index (χ0n) is 8.53. The number of hydrogen-bond donors (Lipinski definition) is 1. The molecule has 1 aliphatic rings. The number of aryl methyl sites for hydroxylation is 1. The topological polar surface area (TPSA) is 38.4 Å². The fraction of sp³-hybridized carbons (Fsp3) is 0.417. The minimum Gasteiger partial charge on any atom is -0.387 e. The first kappa shape index (κ1) is 9.25. The van der Waals surface area contributed by atoms with E-state index in [9.17, 15) is 0 Å². The Morgan fingerprint density at radius 3 is 2.79 bits per heavy atom. The first-order valence-corrected chi connectivity index (χ1v) is 5.23. The normalized spacial score (nSPS) is 17.1. The van der Waals surface area contributed by atoms with Crippen LogP contribution in [0.2, 0.25) is 0 Å². The molecular formula is C12H16N2. The predicted octanol–water partition coefficient (Wildman–Crippen LogP) is 2.65. The maximum absolute atomic E-state index is 5.88. The molecule has 0 unspecified atom stereocenters. The van der Waals surface area contributed by atoms with Crippen LogP contribution in [-0.2, 0) is 6.42 Å². The van der Waals surface area contributed by atoms with E-state index in [-0.39, 0.29) is 0 Å². The van der Waals surface area contributed by atoms with Crippen LogP contribution in [-0.4, -0.2) is 5.84 Å². The Labute approximate surface area is 84.9 Å². The molecule has 1 aliphatic carbocycles. The van der Waals surface area contributed by atoms with Crippen molar-refractivity contribution in [2.75, 3.05) is 0 Å². The molecule has 2 N–H and O–H groups in total. The van der Waals surface area contributed by atoms with Gasteiger partial charge >= 0.3 is 0 Å². The SMILES string of the molecule is CCc1ccccc1N=C(N)C1CC1. The average molecular weight is 188 g/mol. The maximum Gasteiger partial charge on any atom is 0.103 e. The third-order valence-electron chi connectivity index (χ3n) is 2.62. The standard InChI is InChI=1S/C12H16N2/c1-2-9-5-3-4-6-11(9)14-12(13)10-7-8-10/h3-6,10H,2,7-8H2,1H3,(H2,13,14). The van der Waals surface area contributed by atoms with Gasteiger partial charge in [0.15, 0.2) is 0 Å². The summed E-state index contributed by atoms with van der Waals surface area (Å²) in [5.41, 5.74) is 8.20. The van der Waals surface area contributed by atoms with Crippen molar-refractivity contribution < 1.29 is 0 Å². The van der Waals surface area contributed by atoms with Gasteiger partial charge < -0.3 is 5.73 Å². The Morgan fingerprint density at radius 1 is 1.43 bits per heavy atom. The van der Waals surface area contributed by atoms with E-state index in [0.717, 1.165) is 17.9 Å². The molecule has 2 rings (SSSR count). The molecule has 0 aliphatic heterocycles. The molecule has 0 radical (unpaired) electrons. The van der Waals surface area contributed by atoms with Gasteiger partial charge in [-0.25, -0.2) is 4.99 Å². The lowest BCUT2D eigenvalue weighted by Crippen LogP contribution is -2.13. The number of benzene rings is 1. The summed E-state index contributed by atoms with van der Waals surface area (Å²) < 4.78 is 0. The van der Waals surface area contributed by atoms with Crippen LogP contribution in [0.15, 0.2) is 29.3 Å². The van der Waals surface area contributed by atoms with Crippen molar-refractivity contribution in [1.29, 1.82) is 0 Å². The smallest absolute Gasteiger partial charge is 0.103 e. The summed E-state index contributed by atoms with van der Waals surface area (Å²) >= 11 is 0. The van der Waals surface area contributed by atoms with Crippen molar-refractivity contribution in [2.24, 2.45) is 16.6 Å². The van der Waals surface area contributed by atoms with Crippen LogP contribution in [0.4, 0.5) is 5.69 Å². The fourth-order valence-electron chi connectivity index (χ4n) is 1.53. The Balaban J connectivity index is 2.26. The van der Waals surface area contributed by atoms with Gasteiger partial charge in [0.25, 0.3) is 0 Å².